The third kappa shape index (κ3) is 5.09. The number of methoxy groups -OCH3 is 2. The quantitative estimate of drug-likeness (QED) is 0.273. The monoisotopic (exact) mass is 544 g/mol. The predicted molar refractivity (Wildman–Crippen MR) is 128 cm³/mol. The van der Waals surface area contributed by atoms with Gasteiger partial charge in [-0.15, -0.1) is 0 Å². The Hall–Kier alpha value is -1.36. The normalized spacial score (nSPS) is 19.7. The molecule has 30 heavy (non-hydrogen) atoms. The van der Waals surface area contributed by atoms with Crippen LogP contribution in [0.3, 0.4) is 0 Å². The highest BCUT2D eigenvalue weighted by Gasteiger charge is 2.48. The summed E-state index contributed by atoms with van der Waals surface area (Å²) in [6, 6.07) is 15.4. The minimum Gasteiger partial charge on any atom is -0.497 e. The van der Waals surface area contributed by atoms with E-state index >= 15 is 0 Å². The van der Waals surface area contributed by atoms with E-state index in [4.69, 9.17) is 9.47 Å². The molecule has 2 atom stereocenters. The fourth-order valence-electron chi connectivity index (χ4n) is 3.50. The molecule has 2 aromatic rings. The number of hydrogen-bond acceptors (Lipinski definition) is 5. The van der Waals surface area contributed by atoms with Crippen molar-refractivity contribution < 1.29 is 17.9 Å². The summed E-state index contributed by atoms with van der Waals surface area (Å²) < 4.78 is 39.2. The summed E-state index contributed by atoms with van der Waals surface area (Å²) in [5, 5.41) is -0.406. The highest BCUT2D eigenvalue weighted by molar-refractivity contribution is 14.1. The number of hydrogen-bond donors (Lipinski definition) is 0. The second kappa shape index (κ2) is 9.84. The van der Waals surface area contributed by atoms with Crippen molar-refractivity contribution in [2.75, 3.05) is 20.8 Å². The molecular weight excluding hydrogens is 515 g/mol. The fourth-order valence-corrected chi connectivity index (χ4v) is 7.55. The molecule has 0 N–H and O–H groups in total. The first-order valence-electron chi connectivity index (χ1n) is 9.91. The number of rotatable bonds is 9. The number of benzene rings is 2. The average molecular weight is 544 g/mol. The highest BCUT2D eigenvalue weighted by Crippen LogP contribution is 2.34. The van der Waals surface area contributed by atoms with Crippen molar-refractivity contribution in [2.24, 2.45) is 0 Å². The largest absolute Gasteiger partial charge is 0.497 e. The van der Waals surface area contributed by atoms with Gasteiger partial charge < -0.3 is 9.47 Å². The van der Waals surface area contributed by atoms with Crippen LogP contribution in [0.1, 0.15) is 25.0 Å². The number of likely N-dealkylation sites (tertiary alicyclic amines) is 1. The van der Waals surface area contributed by atoms with Crippen LogP contribution < -0.4 is 9.47 Å². The summed E-state index contributed by atoms with van der Waals surface area (Å²) in [7, 11) is -0.250. The Morgan fingerprint density at radius 2 is 1.40 bits per heavy atom. The molecule has 0 aliphatic carbocycles. The minimum absolute atomic E-state index is 0.0261. The van der Waals surface area contributed by atoms with Crippen LogP contribution in [0.25, 0.3) is 0 Å². The highest BCUT2D eigenvalue weighted by atomic mass is 127. The van der Waals surface area contributed by atoms with Gasteiger partial charge in [0.05, 0.1) is 18.3 Å². The maximum absolute atomic E-state index is 13.6. The number of nitrogens with zero attached hydrogens (tertiary/aromatic N) is 2. The number of sulfonamides is 1. The zero-order chi connectivity index (χ0) is 21.9. The molecule has 1 saturated heterocycles. The van der Waals surface area contributed by atoms with Gasteiger partial charge in [-0.1, -0.05) is 46.9 Å². The topological polar surface area (TPSA) is 59.1 Å². The first kappa shape index (κ1) is 23.3. The second-order valence-electron chi connectivity index (χ2n) is 7.71. The Morgan fingerprint density at radius 1 is 0.967 bits per heavy atom. The fraction of sp³-hybridized carbons (Fsp3) is 0.455. The summed E-state index contributed by atoms with van der Waals surface area (Å²) in [5.41, 5.74) is 1.86. The van der Waals surface area contributed by atoms with Crippen LogP contribution in [-0.2, 0) is 23.1 Å². The molecule has 1 aliphatic heterocycles. The minimum atomic E-state index is -3.49. The van der Waals surface area contributed by atoms with Gasteiger partial charge in [0.15, 0.2) is 0 Å². The SMILES string of the molecule is COc1ccc(CN(Cc2ccc(OC)cc2)S(=O)(=O)C2CN(C(C)C)C2I)cc1. The van der Waals surface area contributed by atoms with E-state index in [9.17, 15) is 8.42 Å². The summed E-state index contributed by atoms with van der Waals surface area (Å²) >= 11 is 2.26. The second-order valence-corrected chi connectivity index (χ2v) is 11.1. The molecule has 0 spiro atoms. The van der Waals surface area contributed by atoms with E-state index < -0.39 is 15.3 Å². The van der Waals surface area contributed by atoms with Crippen molar-refractivity contribution in [3.05, 3.63) is 59.7 Å². The smallest absolute Gasteiger partial charge is 0.221 e. The third-order valence-electron chi connectivity index (χ3n) is 5.46. The molecule has 1 fully saturated rings. The van der Waals surface area contributed by atoms with E-state index in [0.717, 1.165) is 22.6 Å². The van der Waals surface area contributed by atoms with E-state index in [1.54, 1.807) is 18.5 Å². The van der Waals surface area contributed by atoms with Crippen LogP contribution in [0.5, 0.6) is 11.5 Å². The van der Waals surface area contributed by atoms with Crippen LogP contribution in [-0.4, -0.2) is 53.7 Å². The molecular formula is C22H29IN2O4S. The standard InChI is InChI=1S/C22H29IN2O4S/c1-16(2)25-15-21(22(25)23)30(26,27)24(13-17-5-9-19(28-3)10-6-17)14-18-7-11-20(29-4)12-8-18/h5-12,16,21-22H,13-15H2,1-4H3. The zero-order valence-electron chi connectivity index (χ0n) is 17.8. The molecule has 0 radical (unpaired) electrons. The van der Waals surface area contributed by atoms with Crippen molar-refractivity contribution >= 4 is 32.6 Å². The maximum atomic E-state index is 13.6. The predicted octanol–water partition coefficient (Wildman–Crippen LogP) is 3.89. The van der Waals surface area contributed by atoms with E-state index in [-0.39, 0.29) is 4.05 Å². The molecule has 3 rings (SSSR count). The molecule has 0 saturated carbocycles. The number of ether oxygens (including phenoxy) is 2. The van der Waals surface area contributed by atoms with Crippen molar-refractivity contribution in [1.82, 2.24) is 9.21 Å². The maximum Gasteiger partial charge on any atom is 0.221 e. The Labute approximate surface area is 193 Å². The Kier molecular flexibility index (Phi) is 7.65. The van der Waals surface area contributed by atoms with Gasteiger partial charge in [0.2, 0.25) is 10.0 Å². The molecule has 2 unspecified atom stereocenters. The molecule has 2 aromatic carbocycles. The van der Waals surface area contributed by atoms with Gasteiger partial charge in [-0.2, -0.15) is 4.31 Å². The van der Waals surface area contributed by atoms with Gasteiger partial charge >= 0.3 is 0 Å². The molecule has 6 nitrogen and oxygen atoms in total. The van der Waals surface area contributed by atoms with Gasteiger partial charge in [-0.3, -0.25) is 4.90 Å². The molecule has 0 aromatic heterocycles. The first-order valence-corrected chi connectivity index (χ1v) is 12.7. The van der Waals surface area contributed by atoms with Gasteiger partial charge in [0.25, 0.3) is 0 Å². The van der Waals surface area contributed by atoms with Gasteiger partial charge in [-0.05, 0) is 49.2 Å². The van der Waals surface area contributed by atoms with Gasteiger partial charge in [0, 0.05) is 25.7 Å². The number of halogens is 1. The number of alkyl halides is 1. The summed E-state index contributed by atoms with van der Waals surface area (Å²) in [6.07, 6.45) is 0. The van der Waals surface area contributed by atoms with Gasteiger partial charge in [0.1, 0.15) is 16.7 Å². The van der Waals surface area contributed by atoms with E-state index in [0.29, 0.717) is 25.7 Å². The Morgan fingerprint density at radius 3 is 1.73 bits per heavy atom. The average Bonchev–Trinajstić information content (AvgIpc) is 2.72. The molecule has 164 valence electrons. The molecule has 8 heteroatoms. The summed E-state index contributed by atoms with van der Waals surface area (Å²) in [5.74, 6) is 1.50. The third-order valence-corrected chi connectivity index (χ3v) is 9.68. The summed E-state index contributed by atoms with van der Waals surface area (Å²) in [6.45, 7) is 5.40. The van der Waals surface area contributed by atoms with Crippen LogP contribution in [0, 0.1) is 0 Å². The lowest BCUT2D eigenvalue weighted by Crippen LogP contribution is -2.64. The van der Waals surface area contributed by atoms with Crippen molar-refractivity contribution in [2.45, 2.75) is 42.3 Å². The van der Waals surface area contributed by atoms with Crippen molar-refractivity contribution in [3.63, 3.8) is 0 Å². The van der Waals surface area contributed by atoms with Crippen molar-refractivity contribution in [1.29, 1.82) is 0 Å². The van der Waals surface area contributed by atoms with E-state index in [1.165, 1.54) is 0 Å². The Balaban J connectivity index is 1.85. The zero-order valence-corrected chi connectivity index (χ0v) is 20.8. The molecule has 1 aliphatic rings. The van der Waals surface area contributed by atoms with E-state index in [2.05, 4.69) is 41.3 Å². The van der Waals surface area contributed by atoms with Gasteiger partial charge in [-0.25, -0.2) is 8.42 Å². The summed E-state index contributed by atoms with van der Waals surface area (Å²) in [4.78, 5) is 2.21. The lowest BCUT2D eigenvalue weighted by Gasteiger charge is -2.48. The Bertz CT molecular complexity index is 883. The van der Waals surface area contributed by atoms with Crippen molar-refractivity contribution in [3.8, 4) is 11.5 Å². The lowest BCUT2D eigenvalue weighted by molar-refractivity contribution is 0.125. The molecule has 0 bridgehead atoms. The first-order chi connectivity index (χ1) is 14.3. The lowest BCUT2D eigenvalue weighted by atomic mass is 10.1. The van der Waals surface area contributed by atoms with Crippen LogP contribution in [0.4, 0.5) is 0 Å². The van der Waals surface area contributed by atoms with Crippen LogP contribution >= 0.6 is 22.6 Å². The van der Waals surface area contributed by atoms with Crippen LogP contribution in [0.15, 0.2) is 48.5 Å². The van der Waals surface area contributed by atoms with E-state index in [1.807, 2.05) is 48.5 Å². The van der Waals surface area contributed by atoms with Crippen LogP contribution in [0.2, 0.25) is 0 Å². The molecule has 1 heterocycles. The molecule has 0 amide bonds.